The van der Waals surface area contributed by atoms with Crippen molar-refractivity contribution in [3.8, 4) is 0 Å². The van der Waals surface area contributed by atoms with E-state index in [1.54, 1.807) is 30.3 Å². The van der Waals surface area contributed by atoms with E-state index in [-0.39, 0.29) is 5.57 Å². The highest BCUT2D eigenvalue weighted by molar-refractivity contribution is 14.1. The Bertz CT molecular complexity index is 735. The second kappa shape index (κ2) is 5.64. The van der Waals surface area contributed by atoms with Crippen molar-refractivity contribution < 1.29 is 14.0 Å². The van der Waals surface area contributed by atoms with Gasteiger partial charge in [-0.3, -0.25) is 15.0 Å². The van der Waals surface area contributed by atoms with Gasteiger partial charge < -0.3 is 4.42 Å². The van der Waals surface area contributed by atoms with E-state index in [1.807, 2.05) is 28.7 Å². The van der Waals surface area contributed by atoms with E-state index in [9.17, 15) is 9.59 Å². The van der Waals surface area contributed by atoms with Gasteiger partial charge in [0.2, 0.25) is 0 Å². The standard InChI is InChI=1S/C14H8BrIN2O3/c15-11-7-9(21-12(11)16)6-10-13(19)17-18(14(10)20)8-4-2-1-3-5-8/h1-7H,(H,17,19)/b10-6-. The van der Waals surface area contributed by atoms with Crippen LogP contribution in [0.5, 0.6) is 0 Å². The zero-order chi connectivity index (χ0) is 15.0. The highest BCUT2D eigenvalue weighted by atomic mass is 127. The first-order valence-electron chi connectivity index (χ1n) is 5.93. The fourth-order valence-electron chi connectivity index (χ4n) is 1.89. The Kier molecular flexibility index (Phi) is 3.85. The Morgan fingerprint density at radius 1 is 1.24 bits per heavy atom. The smallest absolute Gasteiger partial charge is 0.282 e. The molecule has 2 heterocycles. The van der Waals surface area contributed by atoms with E-state index in [0.29, 0.717) is 15.2 Å². The number of amides is 2. The van der Waals surface area contributed by atoms with Crippen LogP contribution in [0.1, 0.15) is 5.76 Å². The summed E-state index contributed by atoms with van der Waals surface area (Å²) in [6.45, 7) is 0. The first kappa shape index (κ1) is 14.3. The number of hydrazine groups is 1. The lowest BCUT2D eigenvalue weighted by molar-refractivity contribution is -0.117. The van der Waals surface area contributed by atoms with Crippen molar-refractivity contribution in [2.45, 2.75) is 0 Å². The van der Waals surface area contributed by atoms with E-state index >= 15 is 0 Å². The maximum absolute atomic E-state index is 12.3. The molecule has 1 aliphatic rings. The number of rotatable bonds is 2. The Morgan fingerprint density at radius 3 is 2.57 bits per heavy atom. The molecule has 106 valence electrons. The molecule has 1 saturated heterocycles. The number of benzene rings is 1. The largest absolute Gasteiger partial charge is 0.450 e. The number of hydrogen-bond donors (Lipinski definition) is 1. The first-order chi connectivity index (χ1) is 10.1. The van der Waals surface area contributed by atoms with E-state index in [2.05, 4.69) is 21.4 Å². The Labute approximate surface area is 142 Å². The topological polar surface area (TPSA) is 62.6 Å². The molecular formula is C14H8BrIN2O3. The molecular weight excluding hydrogens is 451 g/mol. The lowest BCUT2D eigenvalue weighted by Crippen LogP contribution is -2.35. The summed E-state index contributed by atoms with van der Waals surface area (Å²) in [6.07, 6.45) is 1.44. The molecule has 2 aromatic rings. The number of nitrogens with one attached hydrogen (secondary N) is 1. The summed E-state index contributed by atoms with van der Waals surface area (Å²) >= 11 is 5.33. The van der Waals surface area contributed by atoms with Crippen LogP contribution in [0, 0.1) is 3.77 Å². The van der Waals surface area contributed by atoms with Gasteiger partial charge in [0, 0.05) is 22.6 Å². The van der Waals surface area contributed by atoms with Gasteiger partial charge in [0.25, 0.3) is 11.8 Å². The third-order valence-corrected chi connectivity index (χ3v) is 4.99. The summed E-state index contributed by atoms with van der Waals surface area (Å²) in [5.41, 5.74) is 3.18. The normalized spacial score (nSPS) is 16.7. The van der Waals surface area contributed by atoms with Gasteiger partial charge in [0.15, 0.2) is 3.77 Å². The van der Waals surface area contributed by atoms with Crippen molar-refractivity contribution >= 4 is 62.1 Å². The van der Waals surface area contributed by atoms with Crippen LogP contribution < -0.4 is 10.4 Å². The molecule has 1 N–H and O–H groups in total. The molecule has 5 nitrogen and oxygen atoms in total. The number of furan rings is 1. The predicted molar refractivity (Wildman–Crippen MR) is 89.2 cm³/mol. The molecule has 3 rings (SSSR count). The summed E-state index contributed by atoms with van der Waals surface area (Å²) in [6, 6.07) is 10.6. The lowest BCUT2D eigenvalue weighted by Gasteiger charge is -2.13. The fraction of sp³-hybridized carbons (Fsp3) is 0. The van der Waals surface area contributed by atoms with Gasteiger partial charge >= 0.3 is 0 Å². The number of carbonyl (C=O) groups excluding carboxylic acids is 2. The van der Waals surface area contributed by atoms with Crippen LogP contribution in [0.15, 0.2) is 50.9 Å². The fourth-order valence-corrected chi connectivity index (χ4v) is 2.61. The Morgan fingerprint density at radius 2 is 1.95 bits per heavy atom. The molecule has 0 aliphatic carbocycles. The number of halogens is 2. The van der Waals surface area contributed by atoms with Crippen molar-refractivity contribution in [2.75, 3.05) is 5.01 Å². The zero-order valence-corrected chi connectivity index (χ0v) is 14.2. The molecule has 7 heteroatoms. The zero-order valence-electron chi connectivity index (χ0n) is 10.5. The van der Waals surface area contributed by atoms with Crippen molar-refractivity contribution in [3.63, 3.8) is 0 Å². The molecule has 2 amide bonds. The monoisotopic (exact) mass is 458 g/mol. The maximum Gasteiger partial charge on any atom is 0.282 e. The van der Waals surface area contributed by atoms with Crippen LogP contribution in [-0.4, -0.2) is 11.8 Å². The second-order valence-electron chi connectivity index (χ2n) is 4.25. The van der Waals surface area contributed by atoms with E-state index in [0.717, 1.165) is 4.47 Å². The summed E-state index contributed by atoms with van der Waals surface area (Å²) in [5.74, 6) is -0.417. The van der Waals surface area contributed by atoms with Crippen molar-refractivity contribution in [1.82, 2.24) is 5.43 Å². The van der Waals surface area contributed by atoms with E-state index in [1.165, 1.54) is 11.1 Å². The summed E-state index contributed by atoms with van der Waals surface area (Å²) in [5, 5.41) is 1.22. The second-order valence-corrected chi connectivity index (χ2v) is 6.08. The summed E-state index contributed by atoms with van der Waals surface area (Å²) in [7, 11) is 0. The van der Waals surface area contributed by atoms with E-state index in [4.69, 9.17) is 4.42 Å². The van der Waals surface area contributed by atoms with Crippen LogP contribution in [0.3, 0.4) is 0 Å². The number of carbonyl (C=O) groups is 2. The molecule has 1 fully saturated rings. The third-order valence-electron chi connectivity index (χ3n) is 2.86. The highest BCUT2D eigenvalue weighted by Crippen LogP contribution is 2.26. The summed E-state index contributed by atoms with van der Waals surface area (Å²) < 4.78 is 6.86. The molecule has 0 saturated carbocycles. The number of para-hydroxylation sites is 1. The molecule has 0 atom stereocenters. The van der Waals surface area contributed by atoms with Crippen molar-refractivity contribution in [2.24, 2.45) is 0 Å². The highest BCUT2D eigenvalue weighted by Gasteiger charge is 2.34. The quantitative estimate of drug-likeness (QED) is 0.427. The van der Waals surface area contributed by atoms with Gasteiger partial charge in [-0.25, -0.2) is 5.01 Å². The minimum absolute atomic E-state index is 0.0384. The SMILES string of the molecule is O=C1NN(c2ccccc2)C(=O)/C1=C\c1cc(Br)c(I)o1. The number of nitrogens with zero attached hydrogens (tertiary/aromatic N) is 1. The van der Waals surface area contributed by atoms with Crippen molar-refractivity contribution in [1.29, 1.82) is 0 Å². The van der Waals surface area contributed by atoms with Crippen LogP contribution in [0.25, 0.3) is 6.08 Å². The van der Waals surface area contributed by atoms with Crippen molar-refractivity contribution in [3.05, 3.63) is 56.0 Å². The van der Waals surface area contributed by atoms with Gasteiger partial charge in [-0.15, -0.1) is 0 Å². The molecule has 0 radical (unpaired) electrons. The van der Waals surface area contributed by atoms with Crippen LogP contribution >= 0.6 is 38.5 Å². The molecule has 21 heavy (non-hydrogen) atoms. The molecule has 1 aromatic carbocycles. The van der Waals surface area contributed by atoms with E-state index < -0.39 is 11.8 Å². The molecule has 1 aromatic heterocycles. The lowest BCUT2D eigenvalue weighted by atomic mass is 10.2. The van der Waals surface area contributed by atoms with Gasteiger partial charge in [0.1, 0.15) is 11.3 Å². The first-order valence-corrected chi connectivity index (χ1v) is 7.80. The predicted octanol–water partition coefficient (Wildman–Crippen LogP) is 3.11. The van der Waals surface area contributed by atoms with Crippen LogP contribution in [0.4, 0.5) is 5.69 Å². The Hall–Kier alpha value is -1.61. The van der Waals surface area contributed by atoms with Gasteiger partial charge in [-0.2, -0.15) is 0 Å². The number of anilines is 1. The average Bonchev–Trinajstić information content (AvgIpc) is 2.94. The average molecular weight is 459 g/mol. The van der Waals surface area contributed by atoms with Gasteiger partial charge in [-0.1, -0.05) is 18.2 Å². The molecule has 1 aliphatic heterocycles. The molecule has 0 unspecified atom stereocenters. The summed E-state index contributed by atoms with van der Waals surface area (Å²) in [4.78, 5) is 24.3. The minimum atomic E-state index is -0.452. The maximum atomic E-state index is 12.3. The molecule has 0 bridgehead atoms. The Balaban J connectivity index is 1.94. The van der Waals surface area contributed by atoms with Crippen LogP contribution in [0.2, 0.25) is 0 Å². The number of hydrogen-bond acceptors (Lipinski definition) is 3. The minimum Gasteiger partial charge on any atom is -0.450 e. The van der Waals surface area contributed by atoms with Crippen LogP contribution in [-0.2, 0) is 9.59 Å². The molecule has 0 spiro atoms. The van der Waals surface area contributed by atoms with Gasteiger partial charge in [0.05, 0.1) is 10.2 Å². The third kappa shape index (κ3) is 2.75. The van der Waals surface area contributed by atoms with Gasteiger partial charge in [-0.05, 0) is 40.2 Å².